The molecule has 5 heteroatoms. The van der Waals surface area contributed by atoms with Gasteiger partial charge in [0.15, 0.2) is 5.96 Å². The molecule has 114 valence electrons. The number of rotatable bonds is 4. The fourth-order valence-corrected chi connectivity index (χ4v) is 2.36. The molecule has 0 aliphatic heterocycles. The highest BCUT2D eigenvalue weighted by Crippen LogP contribution is 2.23. The second kappa shape index (κ2) is 7.09. The van der Waals surface area contributed by atoms with Crippen LogP contribution in [-0.4, -0.2) is 11.9 Å². The van der Waals surface area contributed by atoms with Crippen LogP contribution >= 0.6 is 11.6 Å². The van der Waals surface area contributed by atoms with Gasteiger partial charge in [0.25, 0.3) is 0 Å². The Morgan fingerprint density at radius 3 is 2.32 bits per heavy atom. The molecule has 0 spiro atoms. The Bertz CT molecular complexity index is 665. The average molecular weight is 316 g/mol. The van der Waals surface area contributed by atoms with E-state index in [4.69, 9.17) is 22.7 Å². The van der Waals surface area contributed by atoms with E-state index in [1.807, 2.05) is 43.3 Å². The van der Waals surface area contributed by atoms with Crippen molar-refractivity contribution in [2.45, 2.75) is 19.3 Å². The number of amides is 1. The molecule has 2 rings (SSSR count). The van der Waals surface area contributed by atoms with Crippen molar-refractivity contribution >= 4 is 23.5 Å². The molecule has 4 N–H and O–H groups in total. The number of nitrogens with two attached hydrogens (primary N) is 1. The number of halogens is 1. The van der Waals surface area contributed by atoms with Crippen LogP contribution in [0.25, 0.3) is 0 Å². The summed E-state index contributed by atoms with van der Waals surface area (Å²) in [4.78, 5) is 12.4. The van der Waals surface area contributed by atoms with Crippen LogP contribution in [0.4, 0.5) is 0 Å². The minimum absolute atomic E-state index is 0.286. The molecule has 0 aromatic heterocycles. The van der Waals surface area contributed by atoms with E-state index in [0.29, 0.717) is 11.4 Å². The summed E-state index contributed by atoms with van der Waals surface area (Å²) in [7, 11) is 0. The Hall–Kier alpha value is -2.33. The highest BCUT2D eigenvalue weighted by molar-refractivity contribution is 6.30. The summed E-state index contributed by atoms with van der Waals surface area (Å²) in [5.41, 5.74) is 8.29. The monoisotopic (exact) mass is 315 g/mol. The lowest BCUT2D eigenvalue weighted by atomic mass is 9.90. The third-order valence-electron chi connectivity index (χ3n) is 3.41. The van der Waals surface area contributed by atoms with Crippen LogP contribution in [0.5, 0.6) is 0 Å². The quantitative estimate of drug-likeness (QED) is 0.599. The van der Waals surface area contributed by atoms with Crippen molar-refractivity contribution in [3.63, 3.8) is 0 Å². The molecule has 0 aliphatic carbocycles. The number of hydrogen-bond donors (Lipinski definition) is 3. The molecular formula is C17H18ClN3O. The van der Waals surface area contributed by atoms with Gasteiger partial charge in [-0.15, -0.1) is 0 Å². The predicted molar refractivity (Wildman–Crippen MR) is 89.1 cm³/mol. The lowest BCUT2D eigenvalue weighted by Crippen LogP contribution is -2.39. The van der Waals surface area contributed by atoms with Gasteiger partial charge >= 0.3 is 0 Å². The van der Waals surface area contributed by atoms with Crippen LogP contribution in [0.1, 0.15) is 22.6 Å². The number of nitrogens with one attached hydrogen (secondary N) is 2. The van der Waals surface area contributed by atoms with Gasteiger partial charge in [0.05, 0.1) is 5.92 Å². The third kappa shape index (κ3) is 4.33. The average Bonchev–Trinajstić information content (AvgIpc) is 2.47. The Morgan fingerprint density at radius 1 is 1.18 bits per heavy atom. The van der Waals surface area contributed by atoms with E-state index in [9.17, 15) is 4.79 Å². The van der Waals surface area contributed by atoms with Gasteiger partial charge in [-0.2, -0.15) is 0 Å². The molecule has 2 aromatic carbocycles. The van der Waals surface area contributed by atoms with Crippen molar-refractivity contribution in [3.8, 4) is 0 Å². The molecular weight excluding hydrogens is 298 g/mol. The molecule has 0 saturated heterocycles. The number of hydrogen-bond acceptors (Lipinski definition) is 2. The minimum atomic E-state index is -0.411. The molecule has 4 nitrogen and oxygen atoms in total. The van der Waals surface area contributed by atoms with E-state index < -0.39 is 5.92 Å². The van der Waals surface area contributed by atoms with Gasteiger partial charge in [0.1, 0.15) is 0 Å². The first-order valence-electron chi connectivity index (χ1n) is 6.91. The van der Waals surface area contributed by atoms with Crippen molar-refractivity contribution in [1.29, 1.82) is 5.41 Å². The molecule has 2 aromatic rings. The fraction of sp³-hybridized carbons (Fsp3) is 0.176. The summed E-state index contributed by atoms with van der Waals surface area (Å²) in [6.45, 7) is 1.99. The highest BCUT2D eigenvalue weighted by atomic mass is 35.5. The van der Waals surface area contributed by atoms with Crippen molar-refractivity contribution < 1.29 is 4.79 Å². The molecule has 0 saturated carbocycles. The summed E-state index contributed by atoms with van der Waals surface area (Å²) >= 11 is 5.89. The maximum Gasteiger partial charge on any atom is 0.234 e. The van der Waals surface area contributed by atoms with Crippen molar-refractivity contribution in [2.24, 2.45) is 5.73 Å². The van der Waals surface area contributed by atoms with Crippen LogP contribution in [0.15, 0.2) is 48.5 Å². The first-order valence-corrected chi connectivity index (χ1v) is 7.29. The van der Waals surface area contributed by atoms with Gasteiger partial charge in [-0.1, -0.05) is 53.6 Å². The minimum Gasteiger partial charge on any atom is -0.370 e. The molecule has 0 fully saturated rings. The molecule has 1 atom stereocenters. The Balaban J connectivity index is 2.28. The molecule has 1 amide bonds. The molecule has 0 aliphatic rings. The topological polar surface area (TPSA) is 79.0 Å². The number of carbonyl (C=O) groups is 1. The van der Waals surface area contributed by atoms with Gasteiger partial charge in [-0.05, 0) is 36.6 Å². The molecule has 1 unspecified atom stereocenters. The smallest absolute Gasteiger partial charge is 0.234 e. The van der Waals surface area contributed by atoms with E-state index >= 15 is 0 Å². The normalized spacial score (nSPS) is 11.7. The van der Waals surface area contributed by atoms with Crippen molar-refractivity contribution in [2.75, 3.05) is 0 Å². The number of aryl methyl sites for hydroxylation is 1. The van der Waals surface area contributed by atoms with Crippen molar-refractivity contribution in [3.05, 3.63) is 70.2 Å². The van der Waals surface area contributed by atoms with Crippen LogP contribution < -0.4 is 11.1 Å². The number of guanidine groups is 1. The SMILES string of the molecule is Cc1ccc(C(Cc2ccc(Cl)cc2)C(=O)NC(=N)N)cc1. The van der Waals surface area contributed by atoms with E-state index in [1.54, 1.807) is 12.1 Å². The van der Waals surface area contributed by atoms with E-state index in [2.05, 4.69) is 5.32 Å². The number of carbonyl (C=O) groups excluding carboxylic acids is 1. The number of benzene rings is 2. The van der Waals surface area contributed by atoms with Gasteiger partial charge in [0.2, 0.25) is 5.91 Å². The van der Waals surface area contributed by atoms with E-state index in [1.165, 1.54) is 0 Å². The Morgan fingerprint density at radius 2 is 1.77 bits per heavy atom. The summed E-state index contributed by atoms with van der Waals surface area (Å²) in [5, 5.41) is 10.3. The Kier molecular flexibility index (Phi) is 5.17. The van der Waals surface area contributed by atoms with Crippen LogP contribution in [0.2, 0.25) is 5.02 Å². The summed E-state index contributed by atoms with van der Waals surface area (Å²) < 4.78 is 0. The molecule has 0 heterocycles. The van der Waals surface area contributed by atoms with Crippen molar-refractivity contribution in [1.82, 2.24) is 5.32 Å². The first kappa shape index (κ1) is 16.0. The lowest BCUT2D eigenvalue weighted by molar-refractivity contribution is -0.121. The molecule has 0 radical (unpaired) electrons. The standard InChI is InChI=1S/C17H18ClN3O/c1-11-2-6-13(7-3-11)15(16(22)21-17(19)20)10-12-4-8-14(18)9-5-12/h2-9,15H,10H2,1H3,(H4,19,20,21,22). The zero-order valence-electron chi connectivity index (χ0n) is 12.3. The first-order chi connectivity index (χ1) is 10.5. The third-order valence-corrected chi connectivity index (χ3v) is 3.66. The van der Waals surface area contributed by atoms with Crippen LogP contribution in [0.3, 0.4) is 0 Å². The fourth-order valence-electron chi connectivity index (χ4n) is 2.24. The molecule has 0 bridgehead atoms. The zero-order valence-corrected chi connectivity index (χ0v) is 13.0. The summed E-state index contributed by atoms with van der Waals surface area (Å²) in [6, 6.07) is 15.2. The van der Waals surface area contributed by atoms with Gasteiger partial charge in [-0.3, -0.25) is 15.5 Å². The van der Waals surface area contributed by atoms with E-state index in [0.717, 1.165) is 16.7 Å². The maximum absolute atomic E-state index is 12.4. The maximum atomic E-state index is 12.4. The van der Waals surface area contributed by atoms with Crippen LogP contribution in [-0.2, 0) is 11.2 Å². The lowest BCUT2D eigenvalue weighted by Gasteiger charge is -2.17. The van der Waals surface area contributed by atoms with E-state index in [-0.39, 0.29) is 11.9 Å². The largest absolute Gasteiger partial charge is 0.370 e. The summed E-state index contributed by atoms with van der Waals surface area (Å²) in [6.07, 6.45) is 0.513. The van der Waals surface area contributed by atoms with Gasteiger partial charge < -0.3 is 5.73 Å². The second-order valence-corrected chi connectivity index (χ2v) is 5.63. The second-order valence-electron chi connectivity index (χ2n) is 5.20. The van der Waals surface area contributed by atoms with Crippen LogP contribution in [0, 0.1) is 12.3 Å². The van der Waals surface area contributed by atoms with Gasteiger partial charge in [0, 0.05) is 5.02 Å². The Labute approximate surface area is 134 Å². The highest BCUT2D eigenvalue weighted by Gasteiger charge is 2.21. The predicted octanol–water partition coefficient (Wildman–Crippen LogP) is 2.98. The molecule has 22 heavy (non-hydrogen) atoms. The van der Waals surface area contributed by atoms with Gasteiger partial charge in [-0.25, -0.2) is 0 Å². The zero-order chi connectivity index (χ0) is 16.1. The summed E-state index contributed by atoms with van der Waals surface area (Å²) in [5.74, 6) is -1.05.